The number of nitrogens with one attached hydrogen (secondary N) is 1. The van der Waals surface area contributed by atoms with Crippen LogP contribution in [0.3, 0.4) is 0 Å². The second kappa shape index (κ2) is 10.2. The van der Waals surface area contributed by atoms with Crippen molar-refractivity contribution in [3.8, 4) is 28.8 Å². The van der Waals surface area contributed by atoms with Gasteiger partial charge in [-0.15, -0.1) is 0 Å². The molecule has 1 atom stereocenters. The lowest BCUT2D eigenvalue weighted by molar-refractivity contribution is -0.117. The molecule has 1 fully saturated rings. The summed E-state index contributed by atoms with van der Waals surface area (Å²) >= 11 is 0. The molecule has 8 nitrogen and oxygen atoms in total. The molecule has 2 aromatic carbocycles. The number of rotatable bonds is 7. The van der Waals surface area contributed by atoms with Gasteiger partial charge < -0.3 is 10.1 Å². The molecule has 0 bridgehead atoms. The van der Waals surface area contributed by atoms with Gasteiger partial charge in [-0.1, -0.05) is 18.2 Å². The SMILES string of the molecule is CCOc1ccc(-c2nn(-c3ccccc3)cc2C=C(C#N)C(=O)NC2CCS(=O)(=O)C2)cc1C. The third kappa shape index (κ3) is 5.61. The maximum Gasteiger partial charge on any atom is 0.262 e. The summed E-state index contributed by atoms with van der Waals surface area (Å²) in [7, 11) is -3.16. The fraction of sp³-hybridized carbons (Fsp3) is 0.269. The van der Waals surface area contributed by atoms with Crippen molar-refractivity contribution < 1.29 is 17.9 Å². The molecule has 0 spiro atoms. The third-order valence-electron chi connectivity index (χ3n) is 5.74. The van der Waals surface area contributed by atoms with Gasteiger partial charge >= 0.3 is 0 Å². The van der Waals surface area contributed by atoms with Crippen LogP contribution in [0.5, 0.6) is 5.75 Å². The van der Waals surface area contributed by atoms with Gasteiger partial charge in [0, 0.05) is 23.4 Å². The van der Waals surface area contributed by atoms with Gasteiger partial charge in [0.15, 0.2) is 9.84 Å². The molecule has 9 heteroatoms. The molecule has 0 radical (unpaired) electrons. The normalized spacial score (nSPS) is 17.1. The summed E-state index contributed by atoms with van der Waals surface area (Å²) in [6, 6.07) is 16.7. The number of ether oxygens (including phenoxy) is 1. The van der Waals surface area contributed by atoms with Gasteiger partial charge in [0.2, 0.25) is 0 Å². The fourth-order valence-electron chi connectivity index (χ4n) is 4.02. The summed E-state index contributed by atoms with van der Waals surface area (Å²) in [5, 5.41) is 17.1. The van der Waals surface area contributed by atoms with Gasteiger partial charge in [-0.25, -0.2) is 13.1 Å². The van der Waals surface area contributed by atoms with Gasteiger partial charge in [-0.2, -0.15) is 10.4 Å². The minimum absolute atomic E-state index is 0.0363. The molecule has 1 aliphatic heterocycles. The molecule has 1 aliphatic rings. The molecular weight excluding hydrogens is 464 g/mol. The van der Waals surface area contributed by atoms with Gasteiger partial charge in [-0.3, -0.25) is 4.79 Å². The third-order valence-corrected chi connectivity index (χ3v) is 7.51. The largest absolute Gasteiger partial charge is 0.494 e. The highest BCUT2D eigenvalue weighted by Gasteiger charge is 2.29. The van der Waals surface area contributed by atoms with E-state index in [0.717, 1.165) is 22.6 Å². The molecule has 0 aliphatic carbocycles. The van der Waals surface area contributed by atoms with Crippen molar-refractivity contribution in [3.63, 3.8) is 0 Å². The molecule has 1 N–H and O–H groups in total. The Hall–Kier alpha value is -3.90. The number of nitriles is 1. The van der Waals surface area contributed by atoms with E-state index in [-0.39, 0.29) is 17.1 Å². The Bertz CT molecular complexity index is 1420. The minimum Gasteiger partial charge on any atom is -0.494 e. The van der Waals surface area contributed by atoms with Crippen LogP contribution in [-0.4, -0.2) is 48.3 Å². The Morgan fingerprint density at radius 1 is 1.29 bits per heavy atom. The smallest absolute Gasteiger partial charge is 0.262 e. The van der Waals surface area contributed by atoms with Crippen molar-refractivity contribution in [1.82, 2.24) is 15.1 Å². The molecule has 0 saturated carbocycles. The van der Waals surface area contributed by atoms with E-state index in [9.17, 15) is 18.5 Å². The van der Waals surface area contributed by atoms with E-state index in [2.05, 4.69) is 5.32 Å². The number of benzene rings is 2. The fourth-order valence-corrected chi connectivity index (χ4v) is 5.69. The number of nitrogens with zero attached hydrogens (tertiary/aromatic N) is 3. The Morgan fingerprint density at radius 3 is 2.69 bits per heavy atom. The number of hydrogen-bond donors (Lipinski definition) is 1. The Labute approximate surface area is 204 Å². The lowest BCUT2D eigenvalue weighted by Gasteiger charge is -2.10. The van der Waals surface area contributed by atoms with Crippen molar-refractivity contribution >= 4 is 21.8 Å². The molecule has 2 heterocycles. The van der Waals surface area contributed by atoms with Crippen molar-refractivity contribution in [2.75, 3.05) is 18.1 Å². The molecular formula is C26H26N4O4S. The van der Waals surface area contributed by atoms with E-state index in [1.54, 1.807) is 10.9 Å². The molecule has 180 valence electrons. The number of hydrogen-bond acceptors (Lipinski definition) is 6. The molecule has 4 rings (SSSR count). The highest BCUT2D eigenvalue weighted by Crippen LogP contribution is 2.30. The number of carbonyl (C=O) groups is 1. The Morgan fingerprint density at radius 2 is 2.06 bits per heavy atom. The highest BCUT2D eigenvalue weighted by atomic mass is 32.2. The number of sulfone groups is 1. The summed E-state index contributed by atoms with van der Waals surface area (Å²) in [4.78, 5) is 12.8. The zero-order valence-corrected chi connectivity index (χ0v) is 20.4. The molecule has 3 aromatic rings. The first-order valence-corrected chi connectivity index (χ1v) is 13.1. The van der Waals surface area contributed by atoms with E-state index in [4.69, 9.17) is 9.84 Å². The second-order valence-corrected chi connectivity index (χ2v) is 10.6. The van der Waals surface area contributed by atoms with Crippen molar-refractivity contribution in [3.05, 3.63) is 71.4 Å². The maximum atomic E-state index is 12.8. The predicted octanol–water partition coefficient (Wildman–Crippen LogP) is 3.46. The van der Waals surface area contributed by atoms with Crippen LogP contribution in [0.2, 0.25) is 0 Å². The average Bonchev–Trinajstić information content (AvgIpc) is 3.42. The van der Waals surface area contributed by atoms with Crippen molar-refractivity contribution in [2.45, 2.75) is 26.3 Å². The first-order chi connectivity index (χ1) is 16.8. The number of aryl methyl sites for hydroxylation is 1. The standard InChI is InChI=1S/C26H26N4O4S/c1-3-34-24-10-9-19(13-18(24)2)25-21(16-30(29-25)23-7-5-4-6-8-23)14-20(15-27)26(31)28-22-11-12-35(32,33)17-22/h4-10,13-14,16,22H,3,11-12,17H2,1-2H3,(H,28,31). The van der Waals surface area contributed by atoms with Crippen LogP contribution in [-0.2, 0) is 14.6 Å². The molecule has 1 saturated heterocycles. The molecule has 1 unspecified atom stereocenters. The van der Waals surface area contributed by atoms with E-state index >= 15 is 0 Å². The highest BCUT2D eigenvalue weighted by molar-refractivity contribution is 7.91. The van der Waals surface area contributed by atoms with Crippen LogP contribution in [0.15, 0.2) is 60.3 Å². The Kier molecular flexibility index (Phi) is 7.03. The average molecular weight is 491 g/mol. The lowest BCUT2D eigenvalue weighted by atomic mass is 10.0. The summed E-state index contributed by atoms with van der Waals surface area (Å²) in [5.41, 5.74) is 3.65. The summed E-state index contributed by atoms with van der Waals surface area (Å²) in [6.45, 7) is 4.43. The number of aromatic nitrogens is 2. The van der Waals surface area contributed by atoms with E-state index in [1.165, 1.54) is 6.08 Å². The van der Waals surface area contributed by atoms with Gasteiger partial charge in [-0.05, 0) is 62.2 Å². The van der Waals surface area contributed by atoms with Crippen LogP contribution in [0.1, 0.15) is 24.5 Å². The monoisotopic (exact) mass is 490 g/mol. The first kappa shape index (κ1) is 24.2. The topological polar surface area (TPSA) is 114 Å². The van der Waals surface area contributed by atoms with Crippen LogP contribution >= 0.6 is 0 Å². The summed E-state index contributed by atoms with van der Waals surface area (Å²) in [5.74, 6) is 0.102. The quantitative estimate of drug-likeness (QED) is 0.401. The zero-order chi connectivity index (χ0) is 25.0. The number of para-hydroxylation sites is 1. The van der Waals surface area contributed by atoms with E-state index in [1.807, 2.05) is 68.4 Å². The van der Waals surface area contributed by atoms with Crippen LogP contribution in [0, 0.1) is 18.3 Å². The predicted molar refractivity (Wildman–Crippen MR) is 134 cm³/mol. The maximum absolute atomic E-state index is 12.8. The number of carbonyl (C=O) groups excluding carboxylic acids is 1. The van der Waals surface area contributed by atoms with Gasteiger partial charge in [0.1, 0.15) is 23.1 Å². The zero-order valence-electron chi connectivity index (χ0n) is 19.6. The van der Waals surface area contributed by atoms with Gasteiger partial charge in [0.05, 0.1) is 23.8 Å². The van der Waals surface area contributed by atoms with Crippen LogP contribution in [0.25, 0.3) is 23.0 Å². The summed E-state index contributed by atoms with van der Waals surface area (Å²) < 4.78 is 30.8. The second-order valence-electron chi connectivity index (χ2n) is 8.37. The first-order valence-electron chi connectivity index (χ1n) is 11.3. The van der Waals surface area contributed by atoms with Crippen molar-refractivity contribution in [1.29, 1.82) is 5.26 Å². The summed E-state index contributed by atoms with van der Waals surface area (Å²) in [6.07, 6.45) is 3.60. The molecule has 1 aromatic heterocycles. The molecule has 1 amide bonds. The van der Waals surface area contributed by atoms with Crippen molar-refractivity contribution in [2.24, 2.45) is 0 Å². The van der Waals surface area contributed by atoms with Gasteiger partial charge in [0.25, 0.3) is 5.91 Å². The van der Waals surface area contributed by atoms with E-state index < -0.39 is 21.8 Å². The number of amides is 1. The minimum atomic E-state index is -3.16. The lowest BCUT2D eigenvalue weighted by Crippen LogP contribution is -2.36. The van der Waals surface area contributed by atoms with Crippen LogP contribution < -0.4 is 10.1 Å². The Balaban J connectivity index is 1.73. The molecule has 35 heavy (non-hydrogen) atoms. The van der Waals surface area contributed by atoms with E-state index in [0.29, 0.717) is 24.3 Å². The van der Waals surface area contributed by atoms with Crippen LogP contribution in [0.4, 0.5) is 0 Å².